The molecule has 0 radical (unpaired) electrons. The van der Waals surface area contributed by atoms with Crippen molar-refractivity contribution in [3.05, 3.63) is 48.7 Å². The van der Waals surface area contributed by atoms with Gasteiger partial charge in [-0.2, -0.15) is 0 Å². The molecule has 1 aromatic heterocycles. The maximum absolute atomic E-state index is 5.84. The van der Waals surface area contributed by atoms with Gasteiger partial charge < -0.3 is 21.1 Å². The number of nitrogens with zero attached hydrogens (tertiary/aromatic N) is 1. The average Bonchev–Trinajstić information content (AvgIpc) is 2.69. The van der Waals surface area contributed by atoms with Crippen LogP contribution < -0.4 is 21.1 Å². The van der Waals surface area contributed by atoms with Gasteiger partial charge in [0.1, 0.15) is 11.6 Å². The van der Waals surface area contributed by atoms with Crippen LogP contribution in [0.25, 0.3) is 21.9 Å². The predicted octanol–water partition coefficient (Wildman–Crippen LogP) is 3.66. The van der Waals surface area contributed by atoms with E-state index in [4.69, 9.17) is 15.5 Å². The van der Waals surface area contributed by atoms with E-state index in [0.717, 1.165) is 65.1 Å². The van der Waals surface area contributed by atoms with Crippen LogP contribution in [-0.2, 0) is 0 Å². The summed E-state index contributed by atoms with van der Waals surface area (Å²) >= 11 is 0. The second-order valence-corrected chi connectivity index (χ2v) is 6.72. The van der Waals surface area contributed by atoms with Crippen molar-refractivity contribution in [3.8, 4) is 16.9 Å². The van der Waals surface area contributed by atoms with Crippen molar-refractivity contribution in [1.82, 2.24) is 10.3 Å². The molecule has 3 aromatic rings. The topological polar surface area (TPSA) is 72.2 Å². The third kappa shape index (κ3) is 3.30. The molecule has 0 bridgehead atoms. The Hall–Kier alpha value is -2.79. The van der Waals surface area contributed by atoms with Crippen LogP contribution in [0.3, 0.4) is 0 Å². The SMILES string of the molecule is COc1ccc2c(NC3CCNCC3)ncc(-c3ccc(N)cc3)c2c1. The second kappa shape index (κ2) is 7.22. The number of nitrogen functional groups attached to an aromatic ring is 1. The smallest absolute Gasteiger partial charge is 0.134 e. The molecule has 1 saturated heterocycles. The average molecular weight is 348 g/mol. The molecule has 2 heterocycles. The summed E-state index contributed by atoms with van der Waals surface area (Å²) < 4.78 is 5.45. The van der Waals surface area contributed by atoms with Crippen LogP contribution in [0, 0.1) is 0 Å². The van der Waals surface area contributed by atoms with Gasteiger partial charge in [0.05, 0.1) is 7.11 Å². The first-order valence-corrected chi connectivity index (χ1v) is 9.04. The predicted molar refractivity (Wildman–Crippen MR) is 108 cm³/mol. The summed E-state index contributed by atoms with van der Waals surface area (Å²) in [6.45, 7) is 2.10. The van der Waals surface area contributed by atoms with Gasteiger partial charge in [-0.3, -0.25) is 0 Å². The largest absolute Gasteiger partial charge is 0.497 e. The molecule has 0 aliphatic carbocycles. The Morgan fingerprint density at radius 3 is 2.58 bits per heavy atom. The van der Waals surface area contributed by atoms with E-state index in [1.54, 1.807) is 7.11 Å². The summed E-state index contributed by atoms with van der Waals surface area (Å²) in [5, 5.41) is 9.27. The Morgan fingerprint density at radius 1 is 1.08 bits per heavy atom. The Morgan fingerprint density at radius 2 is 1.85 bits per heavy atom. The number of nitrogens with one attached hydrogen (secondary N) is 2. The Balaban J connectivity index is 1.80. The lowest BCUT2D eigenvalue weighted by Crippen LogP contribution is -2.35. The number of nitrogens with two attached hydrogens (primary N) is 1. The second-order valence-electron chi connectivity index (χ2n) is 6.72. The Kier molecular flexibility index (Phi) is 4.63. The lowest BCUT2D eigenvalue weighted by molar-refractivity contribution is 0.415. The van der Waals surface area contributed by atoms with Gasteiger partial charge in [0, 0.05) is 28.9 Å². The highest BCUT2D eigenvalue weighted by Crippen LogP contribution is 2.34. The zero-order chi connectivity index (χ0) is 17.9. The van der Waals surface area contributed by atoms with Crippen molar-refractivity contribution in [1.29, 1.82) is 0 Å². The number of aromatic nitrogens is 1. The minimum absolute atomic E-state index is 0.455. The molecule has 4 rings (SSSR count). The zero-order valence-corrected chi connectivity index (χ0v) is 15.0. The molecule has 2 aromatic carbocycles. The number of methoxy groups -OCH3 is 1. The lowest BCUT2D eigenvalue weighted by Gasteiger charge is -2.25. The van der Waals surface area contributed by atoms with Crippen molar-refractivity contribution in [3.63, 3.8) is 0 Å². The third-order valence-electron chi connectivity index (χ3n) is 5.00. The summed E-state index contributed by atoms with van der Waals surface area (Å²) in [7, 11) is 1.69. The van der Waals surface area contributed by atoms with Crippen molar-refractivity contribution >= 4 is 22.3 Å². The first kappa shape index (κ1) is 16.7. The molecule has 26 heavy (non-hydrogen) atoms. The van der Waals surface area contributed by atoms with Gasteiger partial charge in [0.25, 0.3) is 0 Å². The maximum atomic E-state index is 5.84. The van der Waals surface area contributed by atoms with Gasteiger partial charge >= 0.3 is 0 Å². The highest BCUT2D eigenvalue weighted by Gasteiger charge is 2.16. The van der Waals surface area contributed by atoms with E-state index >= 15 is 0 Å². The normalized spacial score (nSPS) is 15.1. The van der Waals surface area contributed by atoms with E-state index in [-0.39, 0.29) is 0 Å². The molecule has 0 unspecified atom stereocenters. The minimum atomic E-state index is 0.455. The molecule has 0 atom stereocenters. The lowest BCUT2D eigenvalue weighted by atomic mass is 9.99. The van der Waals surface area contributed by atoms with Gasteiger partial charge in [0.15, 0.2) is 0 Å². The van der Waals surface area contributed by atoms with Crippen molar-refractivity contribution in [2.75, 3.05) is 31.2 Å². The van der Waals surface area contributed by atoms with Crippen LogP contribution in [-0.4, -0.2) is 31.2 Å². The van der Waals surface area contributed by atoms with Crippen molar-refractivity contribution in [2.24, 2.45) is 0 Å². The van der Waals surface area contributed by atoms with Crippen molar-refractivity contribution in [2.45, 2.75) is 18.9 Å². The number of ether oxygens (including phenoxy) is 1. The van der Waals surface area contributed by atoms with Crippen LogP contribution >= 0.6 is 0 Å². The quantitative estimate of drug-likeness (QED) is 0.628. The molecule has 134 valence electrons. The summed E-state index contributed by atoms with van der Waals surface area (Å²) in [6.07, 6.45) is 4.16. The van der Waals surface area contributed by atoms with E-state index < -0.39 is 0 Å². The molecule has 1 aliphatic rings. The van der Waals surface area contributed by atoms with E-state index in [0.29, 0.717) is 6.04 Å². The molecule has 0 spiro atoms. The van der Waals surface area contributed by atoms with Crippen LogP contribution in [0.4, 0.5) is 11.5 Å². The summed E-state index contributed by atoms with van der Waals surface area (Å²) in [5.41, 5.74) is 8.77. The molecule has 5 heteroatoms. The highest BCUT2D eigenvalue weighted by molar-refractivity contribution is 6.02. The fourth-order valence-electron chi connectivity index (χ4n) is 3.52. The minimum Gasteiger partial charge on any atom is -0.497 e. The van der Waals surface area contributed by atoms with Gasteiger partial charge in [-0.1, -0.05) is 12.1 Å². The number of piperidine rings is 1. The number of hydrogen-bond donors (Lipinski definition) is 3. The first-order valence-electron chi connectivity index (χ1n) is 9.04. The zero-order valence-electron chi connectivity index (χ0n) is 15.0. The maximum Gasteiger partial charge on any atom is 0.134 e. The number of hydrogen-bond acceptors (Lipinski definition) is 5. The molecule has 5 nitrogen and oxygen atoms in total. The van der Waals surface area contributed by atoms with Crippen LogP contribution in [0.15, 0.2) is 48.7 Å². The number of fused-ring (bicyclic) bond motifs is 1. The summed E-state index contributed by atoms with van der Waals surface area (Å²) in [5.74, 6) is 1.78. The fourth-order valence-corrected chi connectivity index (χ4v) is 3.52. The summed E-state index contributed by atoms with van der Waals surface area (Å²) in [6, 6.07) is 14.5. The molecular weight excluding hydrogens is 324 g/mol. The van der Waals surface area contributed by atoms with Gasteiger partial charge in [-0.15, -0.1) is 0 Å². The monoisotopic (exact) mass is 348 g/mol. The van der Waals surface area contributed by atoms with E-state index in [1.807, 2.05) is 36.5 Å². The van der Waals surface area contributed by atoms with E-state index in [9.17, 15) is 0 Å². The Bertz CT molecular complexity index is 902. The number of anilines is 2. The van der Waals surface area contributed by atoms with Crippen molar-refractivity contribution < 1.29 is 4.74 Å². The molecule has 4 N–H and O–H groups in total. The fraction of sp³-hybridized carbons (Fsp3) is 0.286. The molecule has 1 fully saturated rings. The van der Waals surface area contributed by atoms with E-state index in [1.165, 1.54) is 0 Å². The van der Waals surface area contributed by atoms with Crippen LogP contribution in [0.1, 0.15) is 12.8 Å². The first-order chi connectivity index (χ1) is 12.7. The van der Waals surface area contributed by atoms with Crippen LogP contribution in [0.5, 0.6) is 5.75 Å². The Labute approximate surface area is 153 Å². The van der Waals surface area contributed by atoms with E-state index in [2.05, 4.69) is 22.8 Å². The number of benzene rings is 2. The highest BCUT2D eigenvalue weighted by atomic mass is 16.5. The molecule has 0 saturated carbocycles. The molecular formula is C21H24N4O. The van der Waals surface area contributed by atoms with Crippen LogP contribution in [0.2, 0.25) is 0 Å². The molecule has 0 amide bonds. The number of pyridine rings is 1. The molecule has 1 aliphatic heterocycles. The van der Waals surface area contributed by atoms with Gasteiger partial charge in [-0.25, -0.2) is 4.98 Å². The summed E-state index contributed by atoms with van der Waals surface area (Å²) in [4.78, 5) is 4.75. The van der Waals surface area contributed by atoms with Gasteiger partial charge in [-0.05, 0) is 67.2 Å². The van der Waals surface area contributed by atoms with Gasteiger partial charge in [0.2, 0.25) is 0 Å². The number of rotatable bonds is 4. The standard InChI is InChI=1S/C21H24N4O/c1-26-17-6-7-18-19(12-17)20(14-2-4-15(22)5-3-14)13-24-21(18)25-16-8-10-23-11-9-16/h2-7,12-13,16,23H,8-11,22H2,1H3,(H,24,25). The third-order valence-corrected chi connectivity index (χ3v) is 5.00.